The molecule has 0 spiro atoms. The average molecular weight is 455 g/mol. The predicted molar refractivity (Wildman–Crippen MR) is 130 cm³/mol. The molecule has 0 radical (unpaired) electrons. The second-order valence-corrected chi connectivity index (χ2v) is 9.26. The van der Waals surface area contributed by atoms with Gasteiger partial charge < -0.3 is 10.6 Å². The molecule has 170 valence electrons. The van der Waals surface area contributed by atoms with Gasteiger partial charge in [0, 0.05) is 17.8 Å². The number of anilines is 2. The number of carbonyl (C=O) groups is 1. The van der Waals surface area contributed by atoms with E-state index in [0.29, 0.717) is 31.7 Å². The van der Waals surface area contributed by atoms with Crippen molar-refractivity contribution in [1.29, 1.82) is 0 Å². The summed E-state index contributed by atoms with van der Waals surface area (Å²) >= 11 is 1.66. The number of rotatable bonds is 10. The number of hydrogen-bond donors (Lipinski definition) is 2. The van der Waals surface area contributed by atoms with Crippen molar-refractivity contribution in [2.24, 2.45) is 5.92 Å². The summed E-state index contributed by atoms with van der Waals surface area (Å²) in [6.45, 7) is 4.69. The number of aryl methyl sites for hydroxylation is 1. The highest BCUT2D eigenvalue weighted by atomic mass is 32.1. The van der Waals surface area contributed by atoms with Crippen LogP contribution in [-0.2, 0) is 17.8 Å². The minimum absolute atomic E-state index is 0.0120. The standard InChI is InChI=1S/C24H30N4O3S/c1-17(2)13-14-27(20(29)12-6-10-19-11-7-15-32-19)21-22(25)28(24(31)26-23(21)30)16-18-8-4-3-5-9-18/h3-5,7-9,11,15,17H,6,10,12-14,16,25H2,1-2H3,(H,26,30,31). The number of nitrogens with two attached hydrogens (primary N) is 1. The second kappa shape index (κ2) is 10.9. The van der Waals surface area contributed by atoms with Crippen molar-refractivity contribution in [2.45, 2.75) is 46.1 Å². The van der Waals surface area contributed by atoms with Gasteiger partial charge in [0.15, 0.2) is 5.69 Å². The van der Waals surface area contributed by atoms with Gasteiger partial charge in [-0.05, 0) is 42.2 Å². The molecule has 0 fully saturated rings. The van der Waals surface area contributed by atoms with Crippen LogP contribution in [0.5, 0.6) is 0 Å². The Morgan fingerprint density at radius 2 is 1.91 bits per heavy atom. The molecule has 32 heavy (non-hydrogen) atoms. The van der Waals surface area contributed by atoms with Gasteiger partial charge >= 0.3 is 5.69 Å². The van der Waals surface area contributed by atoms with Crippen molar-refractivity contribution in [2.75, 3.05) is 17.2 Å². The third-order valence-electron chi connectivity index (χ3n) is 5.29. The fourth-order valence-corrected chi connectivity index (χ4v) is 4.26. The predicted octanol–water partition coefficient (Wildman–Crippen LogP) is 3.63. The summed E-state index contributed by atoms with van der Waals surface area (Å²) in [7, 11) is 0. The van der Waals surface area contributed by atoms with Crippen molar-refractivity contribution in [3.63, 3.8) is 0 Å². The summed E-state index contributed by atoms with van der Waals surface area (Å²) < 4.78 is 1.31. The first kappa shape index (κ1) is 23.5. The number of hydrogen-bond acceptors (Lipinski definition) is 5. The summed E-state index contributed by atoms with van der Waals surface area (Å²) in [5.41, 5.74) is 6.04. The van der Waals surface area contributed by atoms with E-state index in [1.807, 2.05) is 47.8 Å². The normalized spacial score (nSPS) is 11.1. The van der Waals surface area contributed by atoms with E-state index in [0.717, 1.165) is 12.0 Å². The Morgan fingerprint density at radius 1 is 1.16 bits per heavy atom. The van der Waals surface area contributed by atoms with Crippen molar-refractivity contribution in [1.82, 2.24) is 9.55 Å². The van der Waals surface area contributed by atoms with Crippen LogP contribution in [0.15, 0.2) is 57.4 Å². The smallest absolute Gasteiger partial charge is 0.330 e. The Labute approximate surface area is 191 Å². The Hall–Kier alpha value is -3.13. The highest BCUT2D eigenvalue weighted by Crippen LogP contribution is 2.21. The minimum atomic E-state index is -0.632. The number of H-pyrrole nitrogens is 1. The molecule has 0 atom stereocenters. The van der Waals surface area contributed by atoms with Crippen molar-refractivity contribution >= 4 is 28.7 Å². The van der Waals surface area contributed by atoms with E-state index in [2.05, 4.69) is 18.8 Å². The monoisotopic (exact) mass is 454 g/mol. The van der Waals surface area contributed by atoms with Gasteiger partial charge in [0.1, 0.15) is 5.82 Å². The number of benzene rings is 1. The van der Waals surface area contributed by atoms with Crippen LogP contribution in [0, 0.1) is 5.92 Å². The number of aromatic nitrogens is 2. The van der Waals surface area contributed by atoms with E-state index in [-0.39, 0.29) is 24.0 Å². The molecule has 3 N–H and O–H groups in total. The first-order valence-electron chi connectivity index (χ1n) is 10.9. The number of carbonyl (C=O) groups excluding carboxylic acids is 1. The molecule has 0 saturated heterocycles. The minimum Gasteiger partial charge on any atom is -0.383 e. The summed E-state index contributed by atoms with van der Waals surface area (Å²) in [5.74, 6) is 0.189. The van der Waals surface area contributed by atoms with Crippen LogP contribution >= 0.6 is 11.3 Å². The van der Waals surface area contributed by atoms with Gasteiger partial charge in [0.25, 0.3) is 5.56 Å². The van der Waals surface area contributed by atoms with Crippen LogP contribution in [0.4, 0.5) is 11.5 Å². The first-order chi connectivity index (χ1) is 15.4. The number of nitrogens with one attached hydrogen (secondary N) is 1. The lowest BCUT2D eigenvalue weighted by molar-refractivity contribution is -0.118. The van der Waals surface area contributed by atoms with Gasteiger partial charge in [0.05, 0.1) is 6.54 Å². The number of nitrogen functional groups attached to an aromatic ring is 1. The zero-order chi connectivity index (χ0) is 23.1. The maximum atomic E-state index is 13.2. The molecule has 0 aliphatic heterocycles. The van der Waals surface area contributed by atoms with E-state index in [1.165, 1.54) is 14.3 Å². The number of amides is 1. The summed E-state index contributed by atoms with van der Waals surface area (Å²) in [6, 6.07) is 13.4. The largest absolute Gasteiger partial charge is 0.383 e. The molecule has 1 amide bonds. The van der Waals surface area contributed by atoms with Crippen LogP contribution in [0.25, 0.3) is 0 Å². The Bertz CT molecular complexity index is 1130. The molecule has 1 aromatic carbocycles. The molecular formula is C24H30N4O3S. The lowest BCUT2D eigenvalue weighted by Gasteiger charge is -2.25. The Kier molecular flexibility index (Phi) is 8.05. The maximum Gasteiger partial charge on any atom is 0.330 e. The molecule has 2 heterocycles. The van der Waals surface area contributed by atoms with Crippen LogP contribution in [0.1, 0.15) is 43.6 Å². The third-order valence-corrected chi connectivity index (χ3v) is 6.23. The molecule has 2 aromatic heterocycles. The summed E-state index contributed by atoms with van der Waals surface area (Å²) in [6.07, 6.45) is 2.50. The molecular weight excluding hydrogens is 424 g/mol. The molecule has 8 heteroatoms. The topological polar surface area (TPSA) is 101 Å². The average Bonchev–Trinajstić information content (AvgIpc) is 3.27. The van der Waals surface area contributed by atoms with Crippen LogP contribution in [0.2, 0.25) is 0 Å². The fraction of sp³-hybridized carbons (Fsp3) is 0.375. The lowest BCUT2D eigenvalue weighted by Crippen LogP contribution is -2.42. The molecule has 0 bridgehead atoms. The second-order valence-electron chi connectivity index (χ2n) is 8.23. The van der Waals surface area contributed by atoms with Crippen molar-refractivity contribution in [3.8, 4) is 0 Å². The van der Waals surface area contributed by atoms with Crippen molar-refractivity contribution in [3.05, 3.63) is 79.1 Å². The molecule has 0 saturated carbocycles. The van der Waals surface area contributed by atoms with E-state index >= 15 is 0 Å². The van der Waals surface area contributed by atoms with E-state index in [9.17, 15) is 14.4 Å². The maximum absolute atomic E-state index is 13.2. The van der Waals surface area contributed by atoms with Gasteiger partial charge in [-0.1, -0.05) is 50.2 Å². The SMILES string of the molecule is CC(C)CCN(C(=O)CCCc1cccs1)c1c(N)n(Cc2ccccc2)c(=O)[nH]c1=O. The van der Waals surface area contributed by atoms with Gasteiger partial charge in [-0.25, -0.2) is 4.79 Å². The fourth-order valence-electron chi connectivity index (χ4n) is 3.51. The van der Waals surface area contributed by atoms with E-state index in [4.69, 9.17) is 5.73 Å². The number of nitrogens with zero attached hydrogens (tertiary/aromatic N) is 2. The molecule has 3 aromatic rings. The van der Waals surface area contributed by atoms with Crippen LogP contribution in [-0.4, -0.2) is 22.0 Å². The highest BCUT2D eigenvalue weighted by molar-refractivity contribution is 7.09. The van der Waals surface area contributed by atoms with Crippen molar-refractivity contribution < 1.29 is 4.79 Å². The van der Waals surface area contributed by atoms with E-state index in [1.54, 1.807) is 11.3 Å². The molecule has 0 unspecified atom stereocenters. The molecule has 7 nitrogen and oxygen atoms in total. The zero-order valence-corrected chi connectivity index (χ0v) is 19.4. The Balaban J connectivity index is 1.90. The zero-order valence-electron chi connectivity index (χ0n) is 18.5. The first-order valence-corrected chi connectivity index (χ1v) is 11.7. The van der Waals surface area contributed by atoms with E-state index < -0.39 is 11.2 Å². The van der Waals surface area contributed by atoms with Crippen LogP contribution in [0.3, 0.4) is 0 Å². The third kappa shape index (κ3) is 5.97. The molecule has 0 aliphatic rings. The van der Waals surface area contributed by atoms with Gasteiger partial charge in [-0.3, -0.25) is 19.1 Å². The quantitative estimate of drug-likeness (QED) is 0.488. The summed E-state index contributed by atoms with van der Waals surface area (Å²) in [4.78, 5) is 43.5. The number of thiophene rings is 1. The number of aromatic amines is 1. The lowest BCUT2D eigenvalue weighted by atomic mass is 10.1. The summed E-state index contributed by atoms with van der Waals surface area (Å²) in [5, 5.41) is 2.02. The van der Waals surface area contributed by atoms with Gasteiger partial charge in [0.2, 0.25) is 5.91 Å². The Morgan fingerprint density at radius 3 is 2.56 bits per heavy atom. The van der Waals surface area contributed by atoms with Gasteiger partial charge in [-0.15, -0.1) is 11.3 Å². The van der Waals surface area contributed by atoms with Gasteiger partial charge in [-0.2, -0.15) is 0 Å². The molecule has 3 rings (SSSR count). The highest BCUT2D eigenvalue weighted by Gasteiger charge is 2.24. The molecule has 0 aliphatic carbocycles. The van der Waals surface area contributed by atoms with Crippen LogP contribution < -0.4 is 21.9 Å².